The lowest BCUT2D eigenvalue weighted by Gasteiger charge is -2.41. The molecule has 122 valence electrons. The number of aliphatic hydroxyl groups excluding tert-OH is 1. The number of likely N-dealkylation sites (tertiary alicyclic amines) is 1. The Kier molecular flexibility index (Phi) is 6.02. The third-order valence-electron chi connectivity index (χ3n) is 4.83. The Bertz CT molecular complexity index is 348. The number of rotatable bonds is 4. The van der Waals surface area contributed by atoms with Gasteiger partial charge in [-0.1, -0.05) is 0 Å². The van der Waals surface area contributed by atoms with E-state index in [4.69, 9.17) is 0 Å². The largest absolute Gasteiger partial charge is 0.392 e. The summed E-state index contributed by atoms with van der Waals surface area (Å²) >= 11 is 0. The second kappa shape index (κ2) is 7.56. The quantitative estimate of drug-likeness (QED) is 0.833. The Morgan fingerprint density at radius 3 is 2.57 bits per heavy atom. The normalized spacial score (nSPS) is 30.4. The molecule has 2 saturated heterocycles. The highest BCUT2D eigenvalue weighted by Gasteiger charge is 2.28. The van der Waals surface area contributed by atoms with Gasteiger partial charge in [0.15, 0.2) is 0 Å². The minimum absolute atomic E-state index is 0.283. The molecule has 21 heavy (non-hydrogen) atoms. The number of aliphatic hydroxyl groups is 1. The second-order valence-electron chi connectivity index (χ2n) is 6.86. The van der Waals surface area contributed by atoms with Crippen LogP contribution in [0.15, 0.2) is 0 Å². The van der Waals surface area contributed by atoms with Gasteiger partial charge in [0.1, 0.15) is 0 Å². The number of hydrogen-bond acceptors (Lipinski definition) is 4. The first kappa shape index (κ1) is 16.7. The zero-order valence-electron chi connectivity index (χ0n) is 13.8. The first-order valence-corrected chi connectivity index (χ1v) is 8.41. The second-order valence-corrected chi connectivity index (χ2v) is 6.86. The number of piperazine rings is 1. The topological polar surface area (TPSA) is 47.0 Å². The van der Waals surface area contributed by atoms with Crippen LogP contribution in [0.5, 0.6) is 0 Å². The van der Waals surface area contributed by atoms with Gasteiger partial charge in [0.05, 0.1) is 12.6 Å². The predicted molar refractivity (Wildman–Crippen MR) is 84.2 cm³/mol. The molecule has 0 unspecified atom stereocenters. The molecule has 2 fully saturated rings. The summed E-state index contributed by atoms with van der Waals surface area (Å²) in [4.78, 5) is 19.1. The monoisotopic (exact) mass is 297 g/mol. The summed E-state index contributed by atoms with van der Waals surface area (Å²) in [5.74, 6) is 0.290. The van der Waals surface area contributed by atoms with E-state index in [0.717, 1.165) is 45.6 Å². The van der Waals surface area contributed by atoms with Gasteiger partial charge in [0.25, 0.3) is 0 Å². The smallest absolute Gasteiger partial charge is 0.236 e. The van der Waals surface area contributed by atoms with Gasteiger partial charge in [-0.15, -0.1) is 0 Å². The fourth-order valence-corrected chi connectivity index (χ4v) is 3.58. The van der Waals surface area contributed by atoms with Crippen LogP contribution in [0.3, 0.4) is 0 Å². The summed E-state index contributed by atoms with van der Waals surface area (Å²) in [6, 6.07) is 0.806. The molecular formula is C16H31N3O2. The van der Waals surface area contributed by atoms with Crippen LogP contribution < -0.4 is 0 Å². The van der Waals surface area contributed by atoms with Crippen molar-refractivity contribution in [3.8, 4) is 0 Å². The lowest BCUT2D eigenvalue weighted by molar-refractivity contribution is -0.136. The maximum absolute atomic E-state index is 12.5. The van der Waals surface area contributed by atoms with Crippen molar-refractivity contribution in [1.29, 1.82) is 0 Å². The Morgan fingerprint density at radius 2 is 1.95 bits per heavy atom. The van der Waals surface area contributed by atoms with Crippen LogP contribution in [0.2, 0.25) is 0 Å². The number of β-amino-alcohol motifs (C(OH)–C–C–N with tert-alkyl or cyclic N) is 1. The van der Waals surface area contributed by atoms with Gasteiger partial charge < -0.3 is 10.0 Å². The summed E-state index contributed by atoms with van der Waals surface area (Å²) in [5, 5.41) is 9.52. The maximum Gasteiger partial charge on any atom is 0.236 e. The van der Waals surface area contributed by atoms with Gasteiger partial charge in [0.2, 0.25) is 5.91 Å². The van der Waals surface area contributed by atoms with Crippen molar-refractivity contribution in [2.24, 2.45) is 0 Å². The minimum atomic E-state index is -0.283. The average molecular weight is 297 g/mol. The molecule has 0 aromatic rings. The van der Waals surface area contributed by atoms with Gasteiger partial charge in [-0.25, -0.2) is 0 Å². The number of piperidine rings is 1. The Hall–Kier alpha value is -0.650. The van der Waals surface area contributed by atoms with Gasteiger partial charge >= 0.3 is 0 Å². The number of carbonyl (C=O) groups is 1. The molecule has 3 atom stereocenters. The summed E-state index contributed by atoms with van der Waals surface area (Å²) in [7, 11) is 0. The summed E-state index contributed by atoms with van der Waals surface area (Å²) in [6.45, 7) is 11.2. The number of nitrogens with zero attached hydrogens (tertiary/aromatic N) is 3. The van der Waals surface area contributed by atoms with Crippen molar-refractivity contribution in [3.05, 3.63) is 0 Å². The van der Waals surface area contributed by atoms with E-state index in [2.05, 4.69) is 28.5 Å². The summed E-state index contributed by atoms with van der Waals surface area (Å²) in [5.41, 5.74) is 0. The lowest BCUT2D eigenvalue weighted by atomic mass is 10.0. The molecule has 2 heterocycles. The maximum atomic E-state index is 12.5. The number of amides is 1. The van der Waals surface area contributed by atoms with Crippen LogP contribution in [-0.4, -0.2) is 83.2 Å². The number of hydrogen-bond donors (Lipinski definition) is 1. The molecule has 1 N–H and O–H groups in total. The van der Waals surface area contributed by atoms with E-state index < -0.39 is 0 Å². The zero-order valence-corrected chi connectivity index (χ0v) is 13.8. The van der Waals surface area contributed by atoms with Crippen molar-refractivity contribution in [2.75, 3.05) is 39.3 Å². The van der Waals surface area contributed by atoms with Crippen LogP contribution in [0.1, 0.15) is 40.0 Å². The van der Waals surface area contributed by atoms with Crippen molar-refractivity contribution in [1.82, 2.24) is 14.7 Å². The average Bonchev–Trinajstić information content (AvgIpc) is 2.42. The van der Waals surface area contributed by atoms with Crippen LogP contribution in [-0.2, 0) is 4.79 Å². The van der Waals surface area contributed by atoms with Crippen LogP contribution in [0, 0.1) is 0 Å². The molecule has 0 radical (unpaired) electrons. The lowest BCUT2D eigenvalue weighted by Crippen LogP contribution is -2.56. The molecule has 0 aliphatic carbocycles. The van der Waals surface area contributed by atoms with Crippen LogP contribution in [0.4, 0.5) is 0 Å². The van der Waals surface area contributed by atoms with Crippen molar-refractivity contribution < 1.29 is 9.90 Å². The van der Waals surface area contributed by atoms with Gasteiger partial charge in [-0.3, -0.25) is 14.6 Å². The zero-order chi connectivity index (χ0) is 15.4. The van der Waals surface area contributed by atoms with Crippen LogP contribution in [0.25, 0.3) is 0 Å². The third-order valence-corrected chi connectivity index (χ3v) is 4.83. The first-order valence-electron chi connectivity index (χ1n) is 8.41. The molecular weight excluding hydrogens is 266 g/mol. The molecule has 5 heteroatoms. The van der Waals surface area contributed by atoms with Crippen molar-refractivity contribution >= 4 is 5.91 Å². The number of carbonyl (C=O) groups excluding carboxylic acids is 1. The molecule has 0 aromatic heterocycles. The van der Waals surface area contributed by atoms with Gasteiger partial charge in [-0.2, -0.15) is 0 Å². The molecule has 0 saturated carbocycles. The van der Waals surface area contributed by atoms with Gasteiger partial charge in [0, 0.05) is 44.8 Å². The van der Waals surface area contributed by atoms with E-state index in [1.54, 1.807) is 0 Å². The highest BCUT2D eigenvalue weighted by atomic mass is 16.3. The van der Waals surface area contributed by atoms with E-state index in [-0.39, 0.29) is 6.10 Å². The Labute approximate surface area is 128 Å². The van der Waals surface area contributed by atoms with Crippen LogP contribution >= 0.6 is 0 Å². The van der Waals surface area contributed by atoms with E-state index in [1.807, 2.05) is 6.92 Å². The SMILES string of the molecule is C[C@H](O)CN1CCN(CC(=O)N2CCCC[C@H]2C)C[C@@H]1C. The van der Waals surface area contributed by atoms with E-state index >= 15 is 0 Å². The summed E-state index contributed by atoms with van der Waals surface area (Å²) < 4.78 is 0. The molecule has 2 aliphatic rings. The molecule has 1 amide bonds. The standard InChI is InChI=1S/C16H31N3O2/c1-13-6-4-5-7-19(13)16(21)12-17-8-9-18(11-15(3)20)14(2)10-17/h13-15,20H,4-12H2,1-3H3/t13-,14+,15+/m1/s1. The summed E-state index contributed by atoms with van der Waals surface area (Å²) in [6.07, 6.45) is 3.26. The van der Waals surface area contributed by atoms with Crippen molar-refractivity contribution in [3.63, 3.8) is 0 Å². The first-order chi connectivity index (χ1) is 9.97. The van der Waals surface area contributed by atoms with E-state index in [9.17, 15) is 9.90 Å². The molecule has 5 nitrogen and oxygen atoms in total. The molecule has 0 aromatic carbocycles. The predicted octanol–water partition coefficient (Wildman–Crippen LogP) is 0.774. The third kappa shape index (κ3) is 4.66. The molecule has 2 aliphatic heterocycles. The molecule has 2 rings (SSSR count). The molecule has 0 spiro atoms. The Morgan fingerprint density at radius 1 is 1.19 bits per heavy atom. The highest BCUT2D eigenvalue weighted by molar-refractivity contribution is 5.78. The van der Waals surface area contributed by atoms with Gasteiger partial charge in [-0.05, 0) is 40.0 Å². The fourth-order valence-electron chi connectivity index (χ4n) is 3.58. The van der Waals surface area contributed by atoms with E-state index in [0.29, 0.717) is 24.5 Å². The molecule has 0 bridgehead atoms. The van der Waals surface area contributed by atoms with E-state index in [1.165, 1.54) is 6.42 Å². The Balaban J connectivity index is 1.80. The highest BCUT2D eigenvalue weighted by Crippen LogP contribution is 2.17. The minimum Gasteiger partial charge on any atom is -0.392 e. The fraction of sp³-hybridized carbons (Fsp3) is 0.938. The van der Waals surface area contributed by atoms with Crippen molar-refractivity contribution in [2.45, 2.75) is 58.2 Å².